The third-order valence-electron chi connectivity index (χ3n) is 5.12. The number of carbonyl (C=O) groups excluding carboxylic acids is 2. The van der Waals surface area contributed by atoms with E-state index >= 15 is 0 Å². The van der Waals surface area contributed by atoms with Crippen LogP contribution in [0.15, 0.2) is 47.3 Å². The smallest absolute Gasteiger partial charge is 0.415 e. The molecule has 1 aromatic carbocycles. The van der Waals surface area contributed by atoms with E-state index in [2.05, 4.69) is 14.7 Å². The molecule has 2 aromatic heterocycles. The maximum Gasteiger partial charge on any atom is 0.415 e. The van der Waals surface area contributed by atoms with Crippen LogP contribution in [-0.4, -0.2) is 54.7 Å². The molecule has 1 atom stereocenters. The topological polar surface area (TPSA) is 107 Å². The van der Waals surface area contributed by atoms with Crippen LogP contribution in [0.1, 0.15) is 0 Å². The third-order valence-corrected chi connectivity index (χ3v) is 5.12. The molecule has 0 bridgehead atoms. The van der Waals surface area contributed by atoms with E-state index in [0.717, 1.165) is 17.0 Å². The SMILES string of the molecule is O=C1O[C@@H](COc2ccon2)CN1c1cc(F)c(-c2ccc(N3CCOC3=O)nc2)c(F)c1. The Balaban J connectivity index is 1.32. The molecule has 10 nitrogen and oxygen atoms in total. The van der Waals surface area contributed by atoms with Crippen LogP contribution < -0.4 is 14.5 Å². The lowest BCUT2D eigenvalue weighted by Crippen LogP contribution is -2.27. The van der Waals surface area contributed by atoms with Crippen LogP contribution in [0.2, 0.25) is 0 Å². The highest BCUT2D eigenvalue weighted by Gasteiger charge is 2.34. The molecule has 0 spiro atoms. The summed E-state index contributed by atoms with van der Waals surface area (Å²) in [6, 6.07) is 6.53. The van der Waals surface area contributed by atoms with Gasteiger partial charge in [-0.2, -0.15) is 0 Å². The van der Waals surface area contributed by atoms with Crippen molar-refractivity contribution in [3.63, 3.8) is 0 Å². The quantitative estimate of drug-likeness (QED) is 0.553. The summed E-state index contributed by atoms with van der Waals surface area (Å²) in [6.07, 6.45) is 0.662. The van der Waals surface area contributed by atoms with Gasteiger partial charge < -0.3 is 18.7 Å². The molecule has 4 heterocycles. The van der Waals surface area contributed by atoms with Crippen molar-refractivity contribution < 1.29 is 37.1 Å². The van der Waals surface area contributed by atoms with Gasteiger partial charge in [0.15, 0.2) is 6.10 Å². The van der Waals surface area contributed by atoms with Gasteiger partial charge in [-0.25, -0.2) is 23.4 Å². The number of ether oxygens (including phenoxy) is 3. The zero-order valence-corrected chi connectivity index (χ0v) is 16.9. The third kappa shape index (κ3) is 4.02. The molecule has 2 fully saturated rings. The van der Waals surface area contributed by atoms with E-state index in [1.807, 2.05) is 0 Å². The lowest BCUT2D eigenvalue weighted by atomic mass is 10.1. The number of carbonyl (C=O) groups is 2. The molecule has 12 heteroatoms. The molecule has 3 aromatic rings. The first-order valence-corrected chi connectivity index (χ1v) is 9.90. The number of benzene rings is 1. The summed E-state index contributed by atoms with van der Waals surface area (Å²) in [5.74, 6) is -1.21. The second kappa shape index (κ2) is 8.37. The normalized spacial score (nSPS) is 17.9. The Hall–Kier alpha value is -4.22. The Bertz CT molecular complexity index is 1160. The number of pyridine rings is 1. The number of rotatable bonds is 6. The highest BCUT2D eigenvalue weighted by Crippen LogP contribution is 2.32. The van der Waals surface area contributed by atoms with Crippen LogP contribution in [0.5, 0.6) is 5.88 Å². The van der Waals surface area contributed by atoms with Crippen LogP contribution >= 0.6 is 0 Å². The van der Waals surface area contributed by atoms with Crippen molar-refractivity contribution in [2.24, 2.45) is 0 Å². The van der Waals surface area contributed by atoms with Crippen molar-refractivity contribution in [3.8, 4) is 17.0 Å². The summed E-state index contributed by atoms with van der Waals surface area (Å²) in [7, 11) is 0. The van der Waals surface area contributed by atoms with Gasteiger partial charge in [0.05, 0.1) is 24.3 Å². The zero-order valence-electron chi connectivity index (χ0n) is 16.9. The van der Waals surface area contributed by atoms with Gasteiger partial charge in [0.25, 0.3) is 5.88 Å². The minimum Gasteiger partial charge on any atom is -0.471 e. The van der Waals surface area contributed by atoms with E-state index < -0.39 is 29.9 Å². The minimum absolute atomic E-state index is 0.000397. The van der Waals surface area contributed by atoms with Crippen LogP contribution in [0.3, 0.4) is 0 Å². The van der Waals surface area contributed by atoms with E-state index in [9.17, 15) is 18.4 Å². The maximum atomic E-state index is 14.9. The second-order valence-corrected chi connectivity index (χ2v) is 7.22. The molecular formula is C21H16F2N4O6. The molecule has 2 aliphatic rings. The molecule has 0 aliphatic carbocycles. The first kappa shape index (κ1) is 20.7. The van der Waals surface area contributed by atoms with E-state index in [4.69, 9.17) is 14.2 Å². The number of hydrogen-bond donors (Lipinski definition) is 0. The van der Waals surface area contributed by atoms with Gasteiger partial charge in [0.2, 0.25) is 0 Å². The Labute approximate surface area is 185 Å². The number of amides is 2. The van der Waals surface area contributed by atoms with Gasteiger partial charge in [-0.05, 0) is 29.4 Å². The van der Waals surface area contributed by atoms with Gasteiger partial charge in [-0.1, -0.05) is 0 Å². The molecule has 33 heavy (non-hydrogen) atoms. The minimum atomic E-state index is -0.879. The van der Waals surface area contributed by atoms with Crippen molar-refractivity contribution >= 4 is 23.7 Å². The first-order valence-electron chi connectivity index (χ1n) is 9.90. The highest BCUT2D eigenvalue weighted by atomic mass is 19.1. The average molecular weight is 458 g/mol. The van der Waals surface area contributed by atoms with E-state index in [1.165, 1.54) is 35.6 Å². The second-order valence-electron chi connectivity index (χ2n) is 7.22. The summed E-state index contributed by atoms with van der Waals surface area (Å²) in [5.41, 5.74) is -0.122. The largest absolute Gasteiger partial charge is 0.471 e. The average Bonchev–Trinajstić information content (AvgIpc) is 3.54. The van der Waals surface area contributed by atoms with E-state index in [1.54, 1.807) is 0 Å². The number of anilines is 2. The monoisotopic (exact) mass is 458 g/mol. The van der Waals surface area contributed by atoms with Crippen LogP contribution in [0, 0.1) is 11.6 Å². The van der Waals surface area contributed by atoms with Crippen molar-refractivity contribution in [2.45, 2.75) is 6.10 Å². The van der Waals surface area contributed by atoms with Crippen LogP contribution in [0.25, 0.3) is 11.1 Å². The first-order chi connectivity index (χ1) is 16.0. The Morgan fingerprint density at radius 3 is 2.55 bits per heavy atom. The molecule has 170 valence electrons. The molecule has 0 N–H and O–H groups in total. The molecule has 2 amide bonds. The van der Waals surface area contributed by atoms with E-state index in [-0.39, 0.29) is 42.5 Å². The molecule has 5 rings (SSSR count). The van der Waals surface area contributed by atoms with Gasteiger partial charge in [0.1, 0.15) is 36.9 Å². The summed E-state index contributed by atoms with van der Waals surface area (Å²) in [6.45, 7) is 0.635. The van der Waals surface area contributed by atoms with Crippen molar-refractivity contribution in [2.75, 3.05) is 36.1 Å². The van der Waals surface area contributed by atoms with Crippen LogP contribution in [0.4, 0.5) is 29.9 Å². The molecule has 0 unspecified atom stereocenters. The zero-order chi connectivity index (χ0) is 22.9. The molecule has 2 saturated heterocycles. The number of hydrogen-bond acceptors (Lipinski definition) is 8. The lowest BCUT2D eigenvalue weighted by Gasteiger charge is -2.16. The fourth-order valence-corrected chi connectivity index (χ4v) is 3.56. The predicted molar refractivity (Wildman–Crippen MR) is 108 cm³/mol. The predicted octanol–water partition coefficient (Wildman–Crippen LogP) is 3.38. The number of halogens is 2. The maximum absolute atomic E-state index is 14.9. The summed E-state index contributed by atoms with van der Waals surface area (Å²) >= 11 is 0. The van der Waals surface area contributed by atoms with Crippen molar-refractivity contribution in [1.29, 1.82) is 0 Å². The number of aromatic nitrogens is 2. The lowest BCUT2D eigenvalue weighted by molar-refractivity contribution is 0.101. The van der Waals surface area contributed by atoms with Gasteiger partial charge >= 0.3 is 12.2 Å². The standard InChI is InChI=1S/C21H16F2N4O6/c22-15-7-13(27-10-14(33-21(27)29)11-31-18-3-5-32-25-18)8-16(23)19(15)12-1-2-17(24-9-12)26-4-6-30-20(26)28/h1-3,5,7-9,14H,4,6,10-11H2/t14-/m1/s1. The number of nitrogens with zero attached hydrogens (tertiary/aromatic N) is 4. The van der Waals surface area contributed by atoms with Gasteiger partial charge in [-0.15, -0.1) is 0 Å². The Morgan fingerprint density at radius 1 is 1.09 bits per heavy atom. The highest BCUT2D eigenvalue weighted by molar-refractivity contribution is 5.90. The molecular weight excluding hydrogens is 442 g/mol. The van der Waals surface area contributed by atoms with Crippen molar-refractivity contribution in [3.05, 3.63) is 54.4 Å². The van der Waals surface area contributed by atoms with Gasteiger partial charge in [0, 0.05) is 17.8 Å². The van der Waals surface area contributed by atoms with E-state index in [0.29, 0.717) is 12.4 Å². The fraction of sp³-hybridized carbons (Fsp3) is 0.238. The summed E-state index contributed by atoms with van der Waals surface area (Å²) in [4.78, 5) is 30.4. The summed E-state index contributed by atoms with van der Waals surface area (Å²) < 4.78 is 49.8. The van der Waals surface area contributed by atoms with Crippen molar-refractivity contribution in [1.82, 2.24) is 10.1 Å². The molecule has 0 saturated carbocycles. The van der Waals surface area contributed by atoms with Gasteiger partial charge in [-0.3, -0.25) is 9.80 Å². The van der Waals surface area contributed by atoms with Crippen LogP contribution in [-0.2, 0) is 9.47 Å². The Morgan fingerprint density at radius 2 is 1.91 bits per heavy atom. The Kier molecular flexibility index (Phi) is 5.24. The fourth-order valence-electron chi connectivity index (χ4n) is 3.56. The summed E-state index contributed by atoms with van der Waals surface area (Å²) in [5, 5.41) is 3.59. The molecule has 0 radical (unpaired) electrons. The molecule has 2 aliphatic heterocycles. The number of cyclic esters (lactones) is 2.